The van der Waals surface area contributed by atoms with Gasteiger partial charge in [0.25, 0.3) is 0 Å². The quantitative estimate of drug-likeness (QED) is 0.804. The van der Waals surface area contributed by atoms with Crippen LogP contribution < -0.4 is 0 Å². The van der Waals surface area contributed by atoms with Crippen LogP contribution in [-0.2, 0) is 22.5 Å². The van der Waals surface area contributed by atoms with Gasteiger partial charge in [-0.15, -0.1) is 0 Å². The van der Waals surface area contributed by atoms with Crippen LogP contribution in [0.4, 0.5) is 0 Å². The van der Waals surface area contributed by atoms with Crippen molar-refractivity contribution in [3.63, 3.8) is 0 Å². The average Bonchev–Trinajstić information content (AvgIpc) is 2.38. The molecule has 1 aliphatic heterocycles. The zero-order valence-corrected chi connectivity index (χ0v) is 10.6. The third kappa shape index (κ3) is 2.89. The fourth-order valence-corrected chi connectivity index (χ4v) is 2.38. The monoisotopic (exact) mass is 249 g/mol. The van der Waals surface area contributed by atoms with Gasteiger partial charge < -0.3 is 9.84 Å². The minimum atomic E-state index is -0.749. The first-order chi connectivity index (χ1) is 8.72. The maximum atomic E-state index is 11.3. The zero-order chi connectivity index (χ0) is 13.0. The van der Waals surface area contributed by atoms with Crippen molar-refractivity contribution in [1.29, 1.82) is 0 Å². The molecule has 1 aromatic rings. The van der Waals surface area contributed by atoms with Crippen molar-refractivity contribution in [3.8, 4) is 0 Å². The number of aliphatic carboxylic acids is 1. The largest absolute Gasteiger partial charge is 0.480 e. The number of nitrogens with zero attached hydrogens (tertiary/aromatic N) is 1. The van der Waals surface area contributed by atoms with Crippen molar-refractivity contribution in [3.05, 3.63) is 35.4 Å². The van der Waals surface area contributed by atoms with Gasteiger partial charge in [-0.1, -0.05) is 24.3 Å². The van der Waals surface area contributed by atoms with Gasteiger partial charge in [0.05, 0.1) is 6.61 Å². The highest BCUT2D eigenvalue weighted by molar-refractivity contribution is 5.74. The molecule has 1 aromatic carbocycles. The Hall–Kier alpha value is -1.39. The predicted octanol–water partition coefficient (Wildman–Crippen LogP) is 1.53. The Morgan fingerprint density at radius 2 is 2.17 bits per heavy atom. The van der Waals surface area contributed by atoms with E-state index in [9.17, 15) is 9.90 Å². The molecule has 4 nitrogen and oxygen atoms in total. The topological polar surface area (TPSA) is 49.8 Å². The second-order valence-electron chi connectivity index (χ2n) is 4.49. The molecule has 0 spiro atoms. The van der Waals surface area contributed by atoms with Gasteiger partial charge in [-0.25, -0.2) is 0 Å². The highest BCUT2D eigenvalue weighted by atomic mass is 16.5. The van der Waals surface area contributed by atoms with E-state index in [1.807, 2.05) is 30.0 Å². The lowest BCUT2D eigenvalue weighted by atomic mass is 9.94. The van der Waals surface area contributed by atoms with Crippen LogP contribution >= 0.6 is 0 Å². The van der Waals surface area contributed by atoms with Crippen molar-refractivity contribution in [2.45, 2.75) is 25.9 Å². The maximum Gasteiger partial charge on any atom is 0.321 e. The van der Waals surface area contributed by atoms with Crippen molar-refractivity contribution >= 4 is 5.97 Å². The van der Waals surface area contributed by atoms with E-state index in [2.05, 4.69) is 6.07 Å². The number of carbonyl (C=O) groups is 1. The maximum absolute atomic E-state index is 11.3. The molecule has 1 aliphatic rings. The summed E-state index contributed by atoms with van der Waals surface area (Å²) in [5.41, 5.74) is 2.38. The Morgan fingerprint density at radius 1 is 1.44 bits per heavy atom. The molecule has 1 atom stereocenters. The van der Waals surface area contributed by atoms with Crippen LogP contribution in [0.15, 0.2) is 24.3 Å². The number of benzene rings is 1. The first-order valence-corrected chi connectivity index (χ1v) is 6.33. The number of hydrogen-bond acceptors (Lipinski definition) is 3. The summed E-state index contributed by atoms with van der Waals surface area (Å²) >= 11 is 0. The summed E-state index contributed by atoms with van der Waals surface area (Å²) in [6.45, 7) is 4.56. The van der Waals surface area contributed by atoms with Crippen molar-refractivity contribution in [1.82, 2.24) is 4.90 Å². The normalized spacial score (nSPS) is 19.5. The second kappa shape index (κ2) is 5.98. The molecular formula is C14H19NO3. The van der Waals surface area contributed by atoms with E-state index in [-0.39, 0.29) is 0 Å². The van der Waals surface area contributed by atoms with Crippen LogP contribution in [-0.4, -0.2) is 41.8 Å². The molecule has 0 saturated heterocycles. The fourth-order valence-electron chi connectivity index (χ4n) is 2.38. The van der Waals surface area contributed by atoms with Gasteiger partial charge in [0, 0.05) is 19.7 Å². The molecule has 98 valence electrons. The van der Waals surface area contributed by atoms with Crippen molar-refractivity contribution in [2.24, 2.45) is 0 Å². The van der Waals surface area contributed by atoms with Gasteiger partial charge in [0.15, 0.2) is 0 Å². The summed E-state index contributed by atoms with van der Waals surface area (Å²) in [6.07, 6.45) is 0.581. The summed E-state index contributed by atoms with van der Waals surface area (Å²) in [5.74, 6) is -0.749. The van der Waals surface area contributed by atoms with Crippen LogP contribution in [0.25, 0.3) is 0 Å². The van der Waals surface area contributed by atoms with Gasteiger partial charge in [0.1, 0.15) is 6.04 Å². The van der Waals surface area contributed by atoms with E-state index in [0.29, 0.717) is 32.7 Å². The molecule has 0 fully saturated rings. The predicted molar refractivity (Wildman–Crippen MR) is 68.5 cm³/mol. The number of ether oxygens (including phenoxy) is 1. The van der Waals surface area contributed by atoms with Gasteiger partial charge in [0.2, 0.25) is 0 Å². The Kier molecular flexibility index (Phi) is 4.33. The molecule has 0 radical (unpaired) electrons. The Morgan fingerprint density at radius 3 is 2.83 bits per heavy atom. The van der Waals surface area contributed by atoms with Crippen molar-refractivity contribution < 1.29 is 14.6 Å². The van der Waals surface area contributed by atoms with Crippen LogP contribution in [0.3, 0.4) is 0 Å². The molecule has 1 unspecified atom stereocenters. The standard InChI is InChI=1S/C14H19NO3/c1-2-18-8-7-15-10-12-6-4-3-5-11(12)9-13(15)14(16)17/h3-6,13H,2,7-10H2,1H3,(H,16,17). The SMILES string of the molecule is CCOCCN1Cc2ccccc2CC1C(=O)O. The molecule has 0 amide bonds. The van der Waals surface area contributed by atoms with E-state index >= 15 is 0 Å². The number of fused-ring (bicyclic) bond motifs is 1. The van der Waals surface area contributed by atoms with Gasteiger partial charge in [-0.2, -0.15) is 0 Å². The smallest absolute Gasteiger partial charge is 0.321 e. The first-order valence-electron chi connectivity index (χ1n) is 6.33. The molecule has 0 saturated carbocycles. The lowest BCUT2D eigenvalue weighted by Crippen LogP contribution is -2.46. The van der Waals surface area contributed by atoms with Crippen LogP contribution in [0.5, 0.6) is 0 Å². The minimum absolute atomic E-state index is 0.430. The van der Waals surface area contributed by atoms with E-state index in [4.69, 9.17) is 4.74 Å². The first kappa shape index (κ1) is 13.1. The minimum Gasteiger partial charge on any atom is -0.480 e. The molecule has 0 bridgehead atoms. The Bertz CT molecular complexity index is 419. The highest BCUT2D eigenvalue weighted by Gasteiger charge is 2.30. The summed E-state index contributed by atoms with van der Waals surface area (Å²) in [6, 6.07) is 7.63. The van der Waals surface area contributed by atoms with Crippen LogP contribution in [0, 0.1) is 0 Å². The Balaban J connectivity index is 2.10. The summed E-state index contributed by atoms with van der Waals surface area (Å²) in [5, 5.41) is 9.31. The molecule has 0 aliphatic carbocycles. The number of hydrogen-bond donors (Lipinski definition) is 1. The molecule has 0 aromatic heterocycles. The second-order valence-corrected chi connectivity index (χ2v) is 4.49. The summed E-state index contributed by atoms with van der Waals surface area (Å²) in [7, 11) is 0. The van der Waals surface area contributed by atoms with E-state index in [1.54, 1.807) is 0 Å². The number of carboxylic acid groups (broad SMARTS) is 1. The zero-order valence-electron chi connectivity index (χ0n) is 10.6. The third-order valence-corrected chi connectivity index (χ3v) is 3.36. The number of rotatable bonds is 5. The van der Waals surface area contributed by atoms with Gasteiger partial charge in [-0.3, -0.25) is 9.69 Å². The van der Waals surface area contributed by atoms with Crippen LogP contribution in [0.1, 0.15) is 18.1 Å². The summed E-state index contributed by atoms with van der Waals surface area (Å²) < 4.78 is 5.32. The Labute approximate surface area is 107 Å². The third-order valence-electron chi connectivity index (χ3n) is 3.36. The van der Waals surface area contributed by atoms with E-state index in [0.717, 1.165) is 5.56 Å². The highest BCUT2D eigenvalue weighted by Crippen LogP contribution is 2.23. The van der Waals surface area contributed by atoms with Crippen molar-refractivity contribution in [2.75, 3.05) is 19.8 Å². The molecule has 1 heterocycles. The summed E-state index contributed by atoms with van der Waals surface area (Å²) in [4.78, 5) is 13.3. The molecular weight excluding hydrogens is 230 g/mol. The van der Waals surface area contributed by atoms with Gasteiger partial charge >= 0.3 is 5.97 Å². The van der Waals surface area contributed by atoms with E-state index < -0.39 is 12.0 Å². The van der Waals surface area contributed by atoms with Crippen LogP contribution in [0.2, 0.25) is 0 Å². The van der Waals surface area contributed by atoms with E-state index in [1.165, 1.54) is 5.56 Å². The fraction of sp³-hybridized carbons (Fsp3) is 0.500. The lowest BCUT2D eigenvalue weighted by Gasteiger charge is -2.34. The lowest BCUT2D eigenvalue weighted by molar-refractivity contribution is -0.144. The van der Waals surface area contributed by atoms with Gasteiger partial charge in [-0.05, 0) is 24.5 Å². The molecule has 2 rings (SSSR count). The molecule has 18 heavy (non-hydrogen) atoms. The average molecular weight is 249 g/mol. The molecule has 1 N–H and O–H groups in total. The number of carboxylic acids is 1. The molecule has 4 heteroatoms.